The van der Waals surface area contributed by atoms with E-state index in [-0.39, 0.29) is 0 Å². The van der Waals surface area contributed by atoms with Crippen molar-refractivity contribution in [3.63, 3.8) is 0 Å². The van der Waals surface area contributed by atoms with Crippen molar-refractivity contribution in [2.45, 2.75) is 38.6 Å². The molecule has 0 radical (unpaired) electrons. The maximum atomic E-state index is 5.53. The largest absolute Gasteiger partial charge is 0.382 e. The Bertz CT molecular complexity index is 309. The molecule has 4 nitrogen and oxygen atoms in total. The quantitative estimate of drug-likeness (QED) is 0.761. The fourth-order valence-electron chi connectivity index (χ4n) is 2.09. The van der Waals surface area contributed by atoms with Gasteiger partial charge in [-0.2, -0.15) is 0 Å². The molecule has 2 rings (SSSR count). The molecule has 1 atom stereocenters. The molecule has 1 unspecified atom stereocenters. The predicted molar refractivity (Wildman–Crippen MR) is 61.7 cm³/mol. The van der Waals surface area contributed by atoms with Gasteiger partial charge in [0.25, 0.3) is 0 Å². The zero-order chi connectivity index (χ0) is 10.7. The van der Waals surface area contributed by atoms with E-state index in [0.717, 1.165) is 12.4 Å². The molecule has 0 amide bonds. The van der Waals surface area contributed by atoms with E-state index in [1.165, 1.54) is 25.7 Å². The Labute approximate surface area is 90.5 Å². The molecule has 15 heavy (non-hydrogen) atoms. The van der Waals surface area contributed by atoms with Crippen LogP contribution in [0.4, 0.5) is 11.6 Å². The number of hydrogen-bond acceptors (Lipinski definition) is 4. The van der Waals surface area contributed by atoms with Crippen LogP contribution in [0.25, 0.3) is 0 Å². The average molecular weight is 206 g/mol. The minimum absolute atomic E-state index is 0.487. The van der Waals surface area contributed by atoms with Crippen molar-refractivity contribution in [3.8, 4) is 0 Å². The molecule has 0 saturated carbocycles. The summed E-state index contributed by atoms with van der Waals surface area (Å²) >= 11 is 0. The third-order valence-corrected chi connectivity index (χ3v) is 3.01. The van der Waals surface area contributed by atoms with Crippen LogP contribution in [0.2, 0.25) is 0 Å². The fraction of sp³-hybridized carbons (Fsp3) is 0.636. The first-order chi connectivity index (χ1) is 7.27. The standard InChI is InChI=1S/C11H18N4/c1-9-5-3-2-4-6-15(9)11-8-13-10(12)7-14-11/h7-9H,2-6H2,1H3,(H2,12,13). The van der Waals surface area contributed by atoms with Crippen molar-refractivity contribution < 1.29 is 0 Å². The molecule has 1 aromatic rings. The lowest BCUT2D eigenvalue weighted by Gasteiger charge is -2.27. The predicted octanol–water partition coefficient (Wildman–Crippen LogP) is 1.83. The first kappa shape index (κ1) is 10.2. The molecular formula is C11H18N4. The first-order valence-electron chi connectivity index (χ1n) is 5.61. The summed E-state index contributed by atoms with van der Waals surface area (Å²) in [5.41, 5.74) is 5.53. The van der Waals surface area contributed by atoms with Crippen LogP contribution in [0.1, 0.15) is 32.6 Å². The Morgan fingerprint density at radius 1 is 1.27 bits per heavy atom. The van der Waals surface area contributed by atoms with Crippen molar-refractivity contribution in [1.82, 2.24) is 9.97 Å². The van der Waals surface area contributed by atoms with E-state index < -0.39 is 0 Å². The first-order valence-corrected chi connectivity index (χ1v) is 5.61. The van der Waals surface area contributed by atoms with Crippen LogP contribution in [0, 0.1) is 0 Å². The van der Waals surface area contributed by atoms with Gasteiger partial charge in [-0.25, -0.2) is 9.97 Å². The second kappa shape index (κ2) is 4.47. The highest BCUT2D eigenvalue weighted by atomic mass is 15.2. The van der Waals surface area contributed by atoms with E-state index >= 15 is 0 Å². The molecule has 0 bridgehead atoms. The topological polar surface area (TPSA) is 55.0 Å². The van der Waals surface area contributed by atoms with E-state index in [9.17, 15) is 0 Å². The normalized spacial score (nSPS) is 22.5. The monoisotopic (exact) mass is 206 g/mol. The average Bonchev–Trinajstić information content (AvgIpc) is 2.44. The fourth-order valence-corrected chi connectivity index (χ4v) is 2.09. The molecular weight excluding hydrogens is 188 g/mol. The van der Waals surface area contributed by atoms with E-state index in [1.54, 1.807) is 12.4 Å². The Balaban J connectivity index is 2.16. The van der Waals surface area contributed by atoms with Gasteiger partial charge in [0.1, 0.15) is 11.6 Å². The summed E-state index contributed by atoms with van der Waals surface area (Å²) in [6, 6.07) is 0.561. The minimum Gasteiger partial charge on any atom is -0.382 e. The van der Waals surface area contributed by atoms with Gasteiger partial charge in [-0.05, 0) is 19.8 Å². The summed E-state index contributed by atoms with van der Waals surface area (Å²) in [5.74, 6) is 1.44. The summed E-state index contributed by atoms with van der Waals surface area (Å²) in [6.07, 6.45) is 8.54. The summed E-state index contributed by atoms with van der Waals surface area (Å²) in [6.45, 7) is 3.34. The molecule has 1 aliphatic rings. The molecule has 0 aromatic carbocycles. The number of nitrogens with two attached hydrogens (primary N) is 1. The van der Waals surface area contributed by atoms with Gasteiger partial charge in [-0.1, -0.05) is 12.8 Å². The van der Waals surface area contributed by atoms with Crippen LogP contribution >= 0.6 is 0 Å². The maximum absolute atomic E-state index is 5.53. The van der Waals surface area contributed by atoms with Gasteiger partial charge in [0.05, 0.1) is 12.4 Å². The van der Waals surface area contributed by atoms with Crippen molar-refractivity contribution in [3.05, 3.63) is 12.4 Å². The number of nitrogen functional groups attached to an aromatic ring is 1. The van der Waals surface area contributed by atoms with Crippen LogP contribution in [-0.4, -0.2) is 22.6 Å². The van der Waals surface area contributed by atoms with Crippen LogP contribution in [0.3, 0.4) is 0 Å². The molecule has 82 valence electrons. The van der Waals surface area contributed by atoms with Gasteiger partial charge in [0, 0.05) is 12.6 Å². The van der Waals surface area contributed by atoms with Crippen LogP contribution in [0.5, 0.6) is 0 Å². The second-order valence-electron chi connectivity index (χ2n) is 4.19. The number of hydrogen-bond donors (Lipinski definition) is 1. The summed E-state index contributed by atoms with van der Waals surface area (Å²) < 4.78 is 0. The molecule has 1 fully saturated rings. The Morgan fingerprint density at radius 3 is 2.87 bits per heavy atom. The molecule has 0 aliphatic carbocycles. The third kappa shape index (κ3) is 2.37. The van der Waals surface area contributed by atoms with Crippen molar-refractivity contribution >= 4 is 11.6 Å². The van der Waals surface area contributed by atoms with Crippen LogP contribution in [0.15, 0.2) is 12.4 Å². The molecule has 1 aliphatic heterocycles. The number of nitrogens with zero attached hydrogens (tertiary/aromatic N) is 3. The smallest absolute Gasteiger partial charge is 0.147 e. The van der Waals surface area contributed by atoms with Gasteiger partial charge < -0.3 is 10.6 Å². The van der Waals surface area contributed by atoms with Gasteiger partial charge >= 0.3 is 0 Å². The van der Waals surface area contributed by atoms with Gasteiger partial charge in [-0.3, -0.25) is 0 Å². The maximum Gasteiger partial charge on any atom is 0.147 e. The van der Waals surface area contributed by atoms with Crippen molar-refractivity contribution in [1.29, 1.82) is 0 Å². The van der Waals surface area contributed by atoms with Gasteiger partial charge in [0.2, 0.25) is 0 Å². The number of aromatic nitrogens is 2. The molecule has 1 saturated heterocycles. The van der Waals surface area contributed by atoms with Crippen LogP contribution < -0.4 is 10.6 Å². The summed E-state index contributed by atoms with van der Waals surface area (Å²) in [4.78, 5) is 10.8. The van der Waals surface area contributed by atoms with E-state index in [2.05, 4.69) is 21.8 Å². The second-order valence-corrected chi connectivity index (χ2v) is 4.19. The van der Waals surface area contributed by atoms with Gasteiger partial charge in [-0.15, -0.1) is 0 Å². The van der Waals surface area contributed by atoms with Crippen molar-refractivity contribution in [2.75, 3.05) is 17.2 Å². The summed E-state index contributed by atoms with van der Waals surface area (Å²) in [7, 11) is 0. The highest BCUT2D eigenvalue weighted by molar-refractivity contribution is 5.40. The molecule has 2 N–H and O–H groups in total. The Morgan fingerprint density at radius 2 is 2.13 bits per heavy atom. The zero-order valence-electron chi connectivity index (χ0n) is 9.19. The number of rotatable bonds is 1. The van der Waals surface area contributed by atoms with E-state index in [4.69, 9.17) is 5.73 Å². The van der Waals surface area contributed by atoms with E-state index in [0.29, 0.717) is 11.9 Å². The lowest BCUT2D eigenvalue weighted by Crippen LogP contribution is -2.33. The molecule has 4 heteroatoms. The van der Waals surface area contributed by atoms with Crippen molar-refractivity contribution in [2.24, 2.45) is 0 Å². The molecule has 0 spiro atoms. The van der Waals surface area contributed by atoms with Crippen LogP contribution in [-0.2, 0) is 0 Å². The van der Waals surface area contributed by atoms with Gasteiger partial charge in [0.15, 0.2) is 0 Å². The number of anilines is 2. The Hall–Kier alpha value is -1.32. The molecule has 1 aromatic heterocycles. The lowest BCUT2D eigenvalue weighted by atomic mass is 10.1. The zero-order valence-corrected chi connectivity index (χ0v) is 9.19. The molecule has 2 heterocycles. The Kier molecular flexibility index (Phi) is 3.04. The summed E-state index contributed by atoms with van der Waals surface area (Å²) in [5, 5.41) is 0. The lowest BCUT2D eigenvalue weighted by molar-refractivity contribution is 0.610. The third-order valence-electron chi connectivity index (χ3n) is 3.01. The highest BCUT2D eigenvalue weighted by Crippen LogP contribution is 2.21. The highest BCUT2D eigenvalue weighted by Gasteiger charge is 2.18. The minimum atomic E-state index is 0.487. The van der Waals surface area contributed by atoms with E-state index in [1.807, 2.05) is 0 Å². The SMILES string of the molecule is CC1CCCCCN1c1cnc(N)cn1.